The second-order valence-corrected chi connectivity index (χ2v) is 6.55. The average Bonchev–Trinajstić information content (AvgIpc) is 3.12. The number of hydrogen-bond acceptors (Lipinski definition) is 3. The van der Waals surface area contributed by atoms with E-state index in [2.05, 4.69) is 33.7 Å². The number of nitrogens with zero attached hydrogens (tertiary/aromatic N) is 2. The molecule has 0 fully saturated rings. The van der Waals surface area contributed by atoms with Gasteiger partial charge in [-0.1, -0.05) is 35.9 Å². The molecule has 0 aliphatic carbocycles. The van der Waals surface area contributed by atoms with Crippen molar-refractivity contribution in [1.29, 1.82) is 0 Å². The maximum Gasteiger partial charge on any atom is 0.289 e. The van der Waals surface area contributed by atoms with E-state index in [1.54, 1.807) is 18.2 Å². The van der Waals surface area contributed by atoms with E-state index in [0.29, 0.717) is 16.4 Å². The maximum absolute atomic E-state index is 12.3. The van der Waals surface area contributed by atoms with Gasteiger partial charge in [0.1, 0.15) is 5.69 Å². The summed E-state index contributed by atoms with van der Waals surface area (Å²) in [6, 6.07) is 15.1. The smallest absolute Gasteiger partial charge is 0.272 e. The van der Waals surface area contributed by atoms with Gasteiger partial charge in [0.05, 0.1) is 11.4 Å². The van der Waals surface area contributed by atoms with Gasteiger partial charge in [-0.25, -0.2) is 5.43 Å². The number of H-pyrrole nitrogens is 1. The summed E-state index contributed by atoms with van der Waals surface area (Å²) in [4.78, 5) is 12.3. The highest BCUT2D eigenvalue weighted by Crippen LogP contribution is 2.21. The third-order valence-electron chi connectivity index (χ3n) is 4.21. The summed E-state index contributed by atoms with van der Waals surface area (Å²) in [6.45, 7) is 5.92. The molecule has 3 rings (SSSR count). The van der Waals surface area contributed by atoms with Gasteiger partial charge < -0.3 is 0 Å². The van der Waals surface area contributed by atoms with Crippen LogP contribution in [0.4, 0.5) is 0 Å². The number of carbonyl (C=O) groups excluding carboxylic acids is 1. The summed E-state index contributed by atoms with van der Waals surface area (Å²) in [5.41, 5.74) is 8.54. The molecule has 0 bridgehead atoms. The molecule has 2 aromatic carbocycles. The standard InChI is InChI=1S/C20H19ClN4O/c1-12-4-5-16(10-13(12)2)18-11-19(24-23-18)20(26)25-22-14(3)15-6-8-17(21)9-7-15/h4-11H,1-3H3,(H,23,24)(H,25,26)/b22-14-. The second-order valence-electron chi connectivity index (χ2n) is 6.11. The third kappa shape index (κ3) is 4.00. The molecule has 132 valence electrons. The molecule has 0 atom stereocenters. The van der Waals surface area contributed by atoms with Gasteiger partial charge in [0, 0.05) is 10.6 Å². The highest BCUT2D eigenvalue weighted by molar-refractivity contribution is 6.30. The fourth-order valence-corrected chi connectivity index (χ4v) is 2.56. The largest absolute Gasteiger partial charge is 0.289 e. The fourth-order valence-electron chi connectivity index (χ4n) is 2.44. The third-order valence-corrected chi connectivity index (χ3v) is 4.46. The number of halogens is 1. The number of aryl methyl sites for hydroxylation is 2. The van der Waals surface area contributed by atoms with Crippen molar-refractivity contribution in [2.75, 3.05) is 0 Å². The van der Waals surface area contributed by atoms with Crippen LogP contribution in [0.1, 0.15) is 34.1 Å². The van der Waals surface area contributed by atoms with Gasteiger partial charge in [0.2, 0.25) is 0 Å². The first-order chi connectivity index (χ1) is 12.4. The SMILES string of the molecule is C/C(=N/NC(=O)c1cc(-c2ccc(C)c(C)c2)n[nH]1)c1ccc(Cl)cc1. The lowest BCUT2D eigenvalue weighted by Crippen LogP contribution is -2.19. The van der Waals surface area contributed by atoms with Crippen molar-refractivity contribution in [3.05, 3.63) is 75.9 Å². The van der Waals surface area contributed by atoms with Crippen molar-refractivity contribution >= 4 is 23.2 Å². The molecule has 26 heavy (non-hydrogen) atoms. The maximum atomic E-state index is 12.3. The van der Waals surface area contributed by atoms with Crippen LogP contribution in [0.3, 0.4) is 0 Å². The Balaban J connectivity index is 1.72. The van der Waals surface area contributed by atoms with E-state index in [0.717, 1.165) is 16.8 Å². The van der Waals surface area contributed by atoms with E-state index < -0.39 is 0 Å². The first kappa shape index (κ1) is 17.9. The predicted molar refractivity (Wildman–Crippen MR) is 105 cm³/mol. The molecule has 3 aromatic rings. The number of aromatic nitrogens is 2. The summed E-state index contributed by atoms with van der Waals surface area (Å²) >= 11 is 5.87. The van der Waals surface area contributed by atoms with Gasteiger partial charge >= 0.3 is 0 Å². The first-order valence-corrected chi connectivity index (χ1v) is 8.55. The molecule has 0 unspecified atom stereocenters. The van der Waals surface area contributed by atoms with E-state index in [1.807, 2.05) is 38.1 Å². The minimum atomic E-state index is -0.346. The van der Waals surface area contributed by atoms with Crippen LogP contribution < -0.4 is 5.43 Å². The summed E-state index contributed by atoms with van der Waals surface area (Å²) in [5.74, 6) is -0.346. The summed E-state index contributed by atoms with van der Waals surface area (Å²) < 4.78 is 0. The molecular formula is C20H19ClN4O. The van der Waals surface area contributed by atoms with E-state index in [1.165, 1.54) is 11.1 Å². The average molecular weight is 367 g/mol. The molecule has 0 saturated heterocycles. The number of benzene rings is 2. The lowest BCUT2D eigenvalue weighted by atomic mass is 10.0. The van der Waals surface area contributed by atoms with Crippen LogP contribution >= 0.6 is 11.6 Å². The number of nitrogens with one attached hydrogen (secondary N) is 2. The van der Waals surface area contributed by atoms with Crippen molar-refractivity contribution in [3.63, 3.8) is 0 Å². The summed E-state index contributed by atoms with van der Waals surface area (Å²) in [5, 5.41) is 11.8. The van der Waals surface area contributed by atoms with Crippen molar-refractivity contribution < 1.29 is 4.79 Å². The lowest BCUT2D eigenvalue weighted by Gasteiger charge is -2.02. The van der Waals surface area contributed by atoms with Crippen LogP contribution in [0.5, 0.6) is 0 Å². The molecule has 1 aromatic heterocycles. The Bertz CT molecular complexity index is 974. The molecule has 0 aliphatic rings. The van der Waals surface area contributed by atoms with Crippen molar-refractivity contribution in [2.24, 2.45) is 5.10 Å². The van der Waals surface area contributed by atoms with Crippen LogP contribution in [0.2, 0.25) is 5.02 Å². The highest BCUT2D eigenvalue weighted by Gasteiger charge is 2.11. The second kappa shape index (κ2) is 7.54. The zero-order chi connectivity index (χ0) is 18.7. The minimum Gasteiger partial charge on any atom is -0.272 e. The number of amides is 1. The van der Waals surface area contributed by atoms with E-state index in [9.17, 15) is 4.79 Å². The fraction of sp³-hybridized carbons (Fsp3) is 0.150. The van der Waals surface area contributed by atoms with Crippen LogP contribution in [0.15, 0.2) is 53.6 Å². The zero-order valence-electron chi connectivity index (χ0n) is 14.8. The van der Waals surface area contributed by atoms with Crippen LogP contribution in [-0.4, -0.2) is 21.8 Å². The highest BCUT2D eigenvalue weighted by atomic mass is 35.5. The molecule has 0 spiro atoms. The number of carbonyl (C=O) groups is 1. The monoisotopic (exact) mass is 366 g/mol. The zero-order valence-corrected chi connectivity index (χ0v) is 15.6. The summed E-state index contributed by atoms with van der Waals surface area (Å²) in [7, 11) is 0. The molecule has 5 nitrogen and oxygen atoms in total. The number of hydrazone groups is 1. The Morgan fingerprint density at radius 1 is 1.08 bits per heavy atom. The number of hydrogen-bond donors (Lipinski definition) is 2. The van der Waals surface area contributed by atoms with Gasteiger partial charge in [-0.05, 0) is 61.7 Å². The summed E-state index contributed by atoms with van der Waals surface area (Å²) in [6.07, 6.45) is 0. The predicted octanol–water partition coefficient (Wildman–Crippen LogP) is 4.50. The first-order valence-electron chi connectivity index (χ1n) is 8.17. The van der Waals surface area contributed by atoms with Gasteiger partial charge in [-0.3, -0.25) is 9.89 Å². The molecule has 1 heterocycles. The van der Waals surface area contributed by atoms with Crippen LogP contribution in [0, 0.1) is 13.8 Å². The Labute approximate surface area is 157 Å². The van der Waals surface area contributed by atoms with Crippen molar-refractivity contribution in [2.45, 2.75) is 20.8 Å². The van der Waals surface area contributed by atoms with Gasteiger partial charge in [-0.2, -0.15) is 10.2 Å². The molecule has 0 saturated carbocycles. The molecule has 0 aliphatic heterocycles. The Morgan fingerprint density at radius 2 is 1.81 bits per heavy atom. The Morgan fingerprint density at radius 3 is 2.50 bits per heavy atom. The van der Waals surface area contributed by atoms with Crippen LogP contribution in [0.25, 0.3) is 11.3 Å². The topological polar surface area (TPSA) is 70.1 Å². The van der Waals surface area contributed by atoms with E-state index in [4.69, 9.17) is 11.6 Å². The Hall–Kier alpha value is -2.92. The molecule has 0 radical (unpaired) electrons. The molecule has 6 heteroatoms. The normalized spacial score (nSPS) is 11.5. The molecule has 2 N–H and O–H groups in total. The number of rotatable bonds is 4. The molecule has 1 amide bonds. The minimum absolute atomic E-state index is 0.346. The van der Waals surface area contributed by atoms with E-state index >= 15 is 0 Å². The van der Waals surface area contributed by atoms with Gasteiger partial charge in [0.15, 0.2) is 0 Å². The number of aromatic amines is 1. The molecular weight excluding hydrogens is 348 g/mol. The lowest BCUT2D eigenvalue weighted by molar-refractivity contribution is 0.0950. The Kier molecular flexibility index (Phi) is 5.19. The van der Waals surface area contributed by atoms with Crippen LogP contribution in [-0.2, 0) is 0 Å². The quantitative estimate of drug-likeness (QED) is 0.527. The van der Waals surface area contributed by atoms with E-state index in [-0.39, 0.29) is 5.91 Å². The van der Waals surface area contributed by atoms with Gasteiger partial charge in [-0.15, -0.1) is 0 Å². The van der Waals surface area contributed by atoms with Gasteiger partial charge in [0.25, 0.3) is 5.91 Å². The van der Waals surface area contributed by atoms with Crippen molar-refractivity contribution in [3.8, 4) is 11.3 Å². The van der Waals surface area contributed by atoms with Crippen molar-refractivity contribution in [1.82, 2.24) is 15.6 Å².